The van der Waals surface area contributed by atoms with E-state index >= 15 is 0 Å². The van der Waals surface area contributed by atoms with E-state index < -0.39 is 17.9 Å². The van der Waals surface area contributed by atoms with Crippen molar-refractivity contribution < 1.29 is 28.6 Å². The number of esters is 3. The van der Waals surface area contributed by atoms with Gasteiger partial charge in [-0.1, -0.05) is 25.5 Å². The Bertz CT molecular complexity index is 576. The van der Waals surface area contributed by atoms with Gasteiger partial charge in [-0.2, -0.15) is 0 Å². The average Bonchev–Trinajstić information content (AvgIpc) is 2.55. The standard InChI is InChI=1S/C17H20O6/c1-3-5-11-22-15(18)10-12-23-17(20)14-9-7-6-8-13(14)16(19)21-4-2/h6-10,12H,3-5,11H2,1-2H3/b12-10+. The summed E-state index contributed by atoms with van der Waals surface area (Å²) in [5.74, 6) is -1.96. The third kappa shape index (κ3) is 6.34. The molecule has 0 aliphatic rings. The Hall–Kier alpha value is -2.63. The molecule has 6 heteroatoms. The second kappa shape index (κ2) is 10.2. The van der Waals surface area contributed by atoms with E-state index in [0.717, 1.165) is 25.2 Å². The fourth-order valence-corrected chi connectivity index (χ4v) is 1.63. The topological polar surface area (TPSA) is 78.9 Å². The third-order valence-electron chi connectivity index (χ3n) is 2.76. The molecule has 0 fully saturated rings. The number of hydrogen-bond donors (Lipinski definition) is 0. The van der Waals surface area contributed by atoms with Crippen LogP contribution in [0, 0.1) is 0 Å². The summed E-state index contributed by atoms with van der Waals surface area (Å²) in [7, 11) is 0. The van der Waals surface area contributed by atoms with Gasteiger partial charge in [-0.05, 0) is 25.5 Å². The van der Waals surface area contributed by atoms with E-state index in [-0.39, 0.29) is 17.7 Å². The van der Waals surface area contributed by atoms with Crippen LogP contribution in [-0.2, 0) is 19.0 Å². The Morgan fingerprint density at radius 2 is 1.65 bits per heavy atom. The molecule has 0 unspecified atom stereocenters. The Kier molecular flexibility index (Phi) is 8.13. The predicted octanol–water partition coefficient (Wildman–Crippen LogP) is 2.88. The molecule has 0 atom stereocenters. The van der Waals surface area contributed by atoms with Crippen molar-refractivity contribution in [3.8, 4) is 0 Å². The van der Waals surface area contributed by atoms with Gasteiger partial charge in [0, 0.05) is 0 Å². The van der Waals surface area contributed by atoms with Crippen molar-refractivity contribution in [2.75, 3.05) is 13.2 Å². The summed E-state index contributed by atoms with van der Waals surface area (Å²) in [4.78, 5) is 35.1. The number of unbranched alkanes of at least 4 members (excludes halogenated alkanes) is 1. The summed E-state index contributed by atoms with van der Waals surface area (Å²) < 4.78 is 14.6. The first kappa shape index (κ1) is 18.4. The Balaban J connectivity index is 2.65. The van der Waals surface area contributed by atoms with E-state index in [1.54, 1.807) is 19.1 Å². The highest BCUT2D eigenvalue weighted by Gasteiger charge is 2.18. The van der Waals surface area contributed by atoms with E-state index in [2.05, 4.69) is 0 Å². The molecule has 0 saturated heterocycles. The van der Waals surface area contributed by atoms with Crippen LogP contribution in [0.1, 0.15) is 47.4 Å². The van der Waals surface area contributed by atoms with Gasteiger partial charge in [-0.15, -0.1) is 0 Å². The van der Waals surface area contributed by atoms with Crippen LogP contribution < -0.4 is 0 Å². The van der Waals surface area contributed by atoms with Crippen molar-refractivity contribution >= 4 is 17.9 Å². The second-order valence-corrected chi connectivity index (χ2v) is 4.50. The highest BCUT2D eigenvalue weighted by atomic mass is 16.5. The molecule has 0 radical (unpaired) electrons. The monoisotopic (exact) mass is 320 g/mol. The van der Waals surface area contributed by atoms with Crippen LogP contribution in [0.3, 0.4) is 0 Å². The number of hydrogen-bond acceptors (Lipinski definition) is 6. The molecule has 23 heavy (non-hydrogen) atoms. The number of rotatable bonds is 8. The Labute approximate surface area is 135 Å². The molecule has 0 N–H and O–H groups in total. The zero-order chi connectivity index (χ0) is 17.1. The largest absolute Gasteiger partial charge is 0.462 e. The minimum Gasteiger partial charge on any atom is -0.462 e. The molecule has 0 aliphatic heterocycles. The number of benzene rings is 1. The van der Waals surface area contributed by atoms with Crippen molar-refractivity contribution in [2.45, 2.75) is 26.7 Å². The minimum atomic E-state index is -0.758. The van der Waals surface area contributed by atoms with Crippen molar-refractivity contribution in [3.63, 3.8) is 0 Å². The van der Waals surface area contributed by atoms with Crippen LogP contribution in [0.25, 0.3) is 0 Å². The maximum Gasteiger partial charge on any atom is 0.343 e. The molecule has 0 amide bonds. The minimum absolute atomic E-state index is 0.0648. The molecule has 0 saturated carbocycles. The van der Waals surface area contributed by atoms with Crippen LogP contribution >= 0.6 is 0 Å². The van der Waals surface area contributed by atoms with Gasteiger partial charge in [0.05, 0.1) is 30.4 Å². The van der Waals surface area contributed by atoms with Crippen LogP contribution in [0.15, 0.2) is 36.6 Å². The zero-order valence-electron chi connectivity index (χ0n) is 13.2. The third-order valence-corrected chi connectivity index (χ3v) is 2.76. The Morgan fingerprint density at radius 3 is 2.26 bits per heavy atom. The fourth-order valence-electron chi connectivity index (χ4n) is 1.63. The average molecular weight is 320 g/mol. The quantitative estimate of drug-likeness (QED) is 0.241. The molecule has 0 aliphatic carbocycles. The molecular formula is C17H20O6. The fraction of sp³-hybridized carbons (Fsp3) is 0.353. The molecule has 1 rings (SSSR count). The van der Waals surface area contributed by atoms with E-state index in [4.69, 9.17) is 14.2 Å². The lowest BCUT2D eigenvalue weighted by Crippen LogP contribution is -2.12. The smallest absolute Gasteiger partial charge is 0.343 e. The van der Waals surface area contributed by atoms with Gasteiger partial charge in [0.2, 0.25) is 0 Å². The lowest BCUT2D eigenvalue weighted by Gasteiger charge is -2.06. The molecule has 0 spiro atoms. The van der Waals surface area contributed by atoms with Gasteiger partial charge in [0.1, 0.15) is 6.26 Å². The van der Waals surface area contributed by atoms with Crippen molar-refractivity contribution in [2.24, 2.45) is 0 Å². The van der Waals surface area contributed by atoms with E-state index in [9.17, 15) is 14.4 Å². The van der Waals surface area contributed by atoms with Gasteiger partial charge < -0.3 is 14.2 Å². The zero-order valence-corrected chi connectivity index (χ0v) is 13.2. The highest BCUT2D eigenvalue weighted by molar-refractivity contribution is 6.03. The summed E-state index contributed by atoms with van der Waals surface area (Å²) in [5.41, 5.74) is 0.174. The van der Waals surface area contributed by atoms with E-state index in [1.807, 2.05) is 6.92 Å². The molecule has 1 aromatic rings. The first-order valence-corrected chi connectivity index (χ1v) is 7.40. The summed E-state index contributed by atoms with van der Waals surface area (Å²) in [6.45, 7) is 4.17. The van der Waals surface area contributed by atoms with Gasteiger partial charge >= 0.3 is 17.9 Å². The van der Waals surface area contributed by atoms with Crippen LogP contribution in [0.2, 0.25) is 0 Å². The Morgan fingerprint density at radius 1 is 1.00 bits per heavy atom. The lowest BCUT2D eigenvalue weighted by atomic mass is 10.1. The number of carbonyl (C=O) groups is 3. The van der Waals surface area contributed by atoms with Gasteiger partial charge in [-0.25, -0.2) is 14.4 Å². The summed E-state index contributed by atoms with van der Waals surface area (Å²) in [5, 5.41) is 0. The molecule has 6 nitrogen and oxygen atoms in total. The van der Waals surface area contributed by atoms with Crippen LogP contribution in [0.5, 0.6) is 0 Å². The summed E-state index contributed by atoms with van der Waals surface area (Å²) >= 11 is 0. The summed E-state index contributed by atoms with van der Waals surface area (Å²) in [6, 6.07) is 6.13. The first-order chi connectivity index (χ1) is 11.1. The van der Waals surface area contributed by atoms with Gasteiger partial charge in [0.25, 0.3) is 0 Å². The predicted molar refractivity (Wildman–Crippen MR) is 82.8 cm³/mol. The van der Waals surface area contributed by atoms with Crippen LogP contribution in [-0.4, -0.2) is 31.1 Å². The van der Waals surface area contributed by atoms with E-state index in [0.29, 0.717) is 6.61 Å². The maximum absolute atomic E-state index is 12.0. The molecule has 1 aromatic carbocycles. The molecular weight excluding hydrogens is 300 g/mol. The number of ether oxygens (including phenoxy) is 3. The molecule has 0 heterocycles. The lowest BCUT2D eigenvalue weighted by molar-refractivity contribution is -0.137. The van der Waals surface area contributed by atoms with E-state index in [1.165, 1.54) is 12.1 Å². The summed E-state index contributed by atoms with van der Waals surface area (Å²) in [6.07, 6.45) is 3.64. The maximum atomic E-state index is 12.0. The van der Waals surface area contributed by atoms with Gasteiger partial charge in [0.15, 0.2) is 0 Å². The molecule has 124 valence electrons. The molecule has 0 bridgehead atoms. The van der Waals surface area contributed by atoms with Crippen molar-refractivity contribution in [1.29, 1.82) is 0 Å². The molecule has 0 aromatic heterocycles. The van der Waals surface area contributed by atoms with Gasteiger partial charge in [-0.3, -0.25) is 0 Å². The normalized spacial score (nSPS) is 10.3. The SMILES string of the molecule is CCCCOC(=O)/C=C/OC(=O)c1ccccc1C(=O)OCC. The first-order valence-electron chi connectivity index (χ1n) is 7.40. The van der Waals surface area contributed by atoms with Crippen molar-refractivity contribution in [1.82, 2.24) is 0 Å². The highest BCUT2D eigenvalue weighted by Crippen LogP contribution is 2.12. The number of carbonyl (C=O) groups excluding carboxylic acids is 3. The van der Waals surface area contributed by atoms with Crippen LogP contribution in [0.4, 0.5) is 0 Å². The van der Waals surface area contributed by atoms with Crippen molar-refractivity contribution in [3.05, 3.63) is 47.7 Å². The second-order valence-electron chi connectivity index (χ2n) is 4.50.